The summed E-state index contributed by atoms with van der Waals surface area (Å²) in [7, 11) is 0. The molecule has 3 aromatic rings. The molecule has 19 heavy (non-hydrogen) atoms. The fourth-order valence-electron chi connectivity index (χ4n) is 2.23. The standard InChI is InChI=1S/C15H17N3S/c1-10-9-19-15(18-10)11(2)17-8-12-4-3-5-14-13(12)6-7-16-14/h3-7,9,11,16-17H,8H2,1-2H3. The number of nitrogens with zero attached hydrogens (tertiary/aromatic N) is 1. The number of H-pyrrole nitrogens is 1. The first-order chi connectivity index (χ1) is 9.24. The van der Waals surface area contributed by atoms with Gasteiger partial charge in [-0.2, -0.15) is 0 Å². The van der Waals surface area contributed by atoms with Gasteiger partial charge in [-0.15, -0.1) is 11.3 Å². The molecule has 0 fully saturated rings. The Morgan fingerprint density at radius 3 is 3.05 bits per heavy atom. The molecule has 0 saturated heterocycles. The number of thiazole rings is 1. The van der Waals surface area contributed by atoms with E-state index in [2.05, 4.69) is 51.9 Å². The van der Waals surface area contributed by atoms with E-state index in [1.807, 2.05) is 13.1 Å². The first-order valence-corrected chi connectivity index (χ1v) is 7.32. The maximum Gasteiger partial charge on any atom is 0.110 e. The van der Waals surface area contributed by atoms with Gasteiger partial charge in [0.2, 0.25) is 0 Å². The molecular weight excluding hydrogens is 254 g/mol. The minimum Gasteiger partial charge on any atom is -0.361 e. The van der Waals surface area contributed by atoms with Crippen molar-refractivity contribution in [1.29, 1.82) is 0 Å². The highest BCUT2D eigenvalue weighted by molar-refractivity contribution is 7.09. The van der Waals surface area contributed by atoms with Crippen LogP contribution in [0.4, 0.5) is 0 Å². The van der Waals surface area contributed by atoms with E-state index >= 15 is 0 Å². The lowest BCUT2D eigenvalue weighted by molar-refractivity contribution is 0.573. The Morgan fingerprint density at radius 1 is 1.37 bits per heavy atom. The second-order valence-corrected chi connectivity index (χ2v) is 5.68. The first kappa shape index (κ1) is 12.4. The Bertz CT molecular complexity index is 683. The molecule has 4 heteroatoms. The zero-order chi connectivity index (χ0) is 13.2. The quantitative estimate of drug-likeness (QED) is 0.758. The molecule has 0 aliphatic heterocycles. The molecule has 3 nitrogen and oxygen atoms in total. The molecule has 98 valence electrons. The van der Waals surface area contributed by atoms with Crippen molar-refractivity contribution in [3.63, 3.8) is 0 Å². The Balaban J connectivity index is 1.74. The second kappa shape index (κ2) is 5.15. The molecule has 2 N–H and O–H groups in total. The van der Waals surface area contributed by atoms with Gasteiger partial charge in [0.05, 0.1) is 6.04 Å². The van der Waals surface area contributed by atoms with E-state index in [9.17, 15) is 0 Å². The molecule has 0 saturated carbocycles. The SMILES string of the molecule is Cc1csc(C(C)NCc2cccc3[nH]ccc23)n1. The first-order valence-electron chi connectivity index (χ1n) is 6.44. The van der Waals surface area contributed by atoms with Gasteiger partial charge in [-0.3, -0.25) is 0 Å². The van der Waals surface area contributed by atoms with Crippen molar-refractivity contribution in [2.45, 2.75) is 26.4 Å². The summed E-state index contributed by atoms with van der Waals surface area (Å²) in [6.45, 7) is 5.05. The Hall–Kier alpha value is -1.65. The molecule has 0 amide bonds. The van der Waals surface area contributed by atoms with Gasteiger partial charge in [-0.05, 0) is 31.5 Å². The number of nitrogens with one attached hydrogen (secondary N) is 2. The predicted octanol–water partition coefficient (Wildman–Crippen LogP) is 3.78. The van der Waals surface area contributed by atoms with Crippen molar-refractivity contribution in [3.05, 3.63) is 52.1 Å². The van der Waals surface area contributed by atoms with Crippen LogP contribution in [0.15, 0.2) is 35.8 Å². The van der Waals surface area contributed by atoms with Crippen molar-refractivity contribution in [1.82, 2.24) is 15.3 Å². The maximum absolute atomic E-state index is 4.53. The lowest BCUT2D eigenvalue weighted by atomic mass is 10.1. The Kier molecular flexibility index (Phi) is 3.36. The molecule has 2 aromatic heterocycles. The summed E-state index contributed by atoms with van der Waals surface area (Å²) in [5.74, 6) is 0. The van der Waals surface area contributed by atoms with Crippen LogP contribution in [-0.4, -0.2) is 9.97 Å². The molecule has 0 bridgehead atoms. The predicted molar refractivity (Wildman–Crippen MR) is 80.4 cm³/mol. The molecule has 3 rings (SSSR count). The molecular formula is C15H17N3S. The summed E-state index contributed by atoms with van der Waals surface area (Å²) in [6.07, 6.45) is 1.99. The summed E-state index contributed by atoms with van der Waals surface area (Å²) in [5, 5.41) is 8.08. The van der Waals surface area contributed by atoms with Crippen molar-refractivity contribution >= 4 is 22.2 Å². The Morgan fingerprint density at radius 2 is 2.26 bits per heavy atom. The van der Waals surface area contributed by atoms with Crippen molar-refractivity contribution in [3.8, 4) is 0 Å². The van der Waals surface area contributed by atoms with Crippen LogP contribution in [0, 0.1) is 6.92 Å². The minimum absolute atomic E-state index is 0.285. The normalized spacial score (nSPS) is 12.9. The van der Waals surface area contributed by atoms with Crippen LogP contribution in [0.2, 0.25) is 0 Å². The topological polar surface area (TPSA) is 40.7 Å². The van der Waals surface area contributed by atoms with Crippen LogP contribution >= 0.6 is 11.3 Å². The van der Waals surface area contributed by atoms with Crippen LogP contribution in [0.25, 0.3) is 10.9 Å². The van der Waals surface area contributed by atoms with Crippen LogP contribution in [0.3, 0.4) is 0 Å². The third-order valence-corrected chi connectivity index (χ3v) is 4.44. The van der Waals surface area contributed by atoms with Crippen LogP contribution in [0.5, 0.6) is 0 Å². The average molecular weight is 271 g/mol. The third kappa shape index (κ3) is 2.55. The molecule has 0 radical (unpaired) electrons. The summed E-state index contributed by atoms with van der Waals surface area (Å²) >= 11 is 1.72. The fourth-order valence-corrected chi connectivity index (χ4v) is 3.05. The number of aryl methyl sites for hydroxylation is 1. The van der Waals surface area contributed by atoms with E-state index < -0.39 is 0 Å². The molecule has 1 unspecified atom stereocenters. The molecule has 0 aliphatic carbocycles. The van der Waals surface area contributed by atoms with E-state index in [0.717, 1.165) is 17.2 Å². The zero-order valence-electron chi connectivity index (χ0n) is 11.1. The number of fused-ring (bicyclic) bond motifs is 1. The summed E-state index contributed by atoms with van der Waals surface area (Å²) in [5.41, 5.74) is 3.61. The van der Waals surface area contributed by atoms with Gasteiger partial charge >= 0.3 is 0 Å². The van der Waals surface area contributed by atoms with Gasteiger partial charge in [-0.1, -0.05) is 12.1 Å². The summed E-state index contributed by atoms with van der Waals surface area (Å²) < 4.78 is 0. The summed E-state index contributed by atoms with van der Waals surface area (Å²) in [4.78, 5) is 7.77. The van der Waals surface area contributed by atoms with E-state index in [-0.39, 0.29) is 6.04 Å². The highest BCUT2D eigenvalue weighted by Gasteiger charge is 2.09. The molecule has 1 aromatic carbocycles. The van der Waals surface area contributed by atoms with Gasteiger partial charge in [-0.25, -0.2) is 4.98 Å². The highest BCUT2D eigenvalue weighted by Crippen LogP contribution is 2.20. The smallest absolute Gasteiger partial charge is 0.110 e. The number of aromatic nitrogens is 2. The number of benzene rings is 1. The fraction of sp³-hybridized carbons (Fsp3) is 0.267. The summed E-state index contributed by atoms with van der Waals surface area (Å²) in [6, 6.07) is 8.78. The highest BCUT2D eigenvalue weighted by atomic mass is 32.1. The van der Waals surface area contributed by atoms with Crippen LogP contribution in [0.1, 0.15) is 29.2 Å². The monoisotopic (exact) mass is 271 g/mol. The molecule has 0 aliphatic rings. The molecule has 2 heterocycles. The third-order valence-electron chi connectivity index (χ3n) is 3.29. The van der Waals surface area contributed by atoms with Crippen molar-refractivity contribution in [2.24, 2.45) is 0 Å². The van der Waals surface area contributed by atoms with Gasteiger partial charge in [0.15, 0.2) is 0 Å². The van der Waals surface area contributed by atoms with Gasteiger partial charge in [0.1, 0.15) is 5.01 Å². The van der Waals surface area contributed by atoms with Crippen molar-refractivity contribution in [2.75, 3.05) is 0 Å². The minimum atomic E-state index is 0.285. The molecule has 0 spiro atoms. The number of rotatable bonds is 4. The van der Waals surface area contributed by atoms with E-state index in [4.69, 9.17) is 0 Å². The van der Waals surface area contributed by atoms with Gasteiger partial charge in [0, 0.05) is 34.7 Å². The number of hydrogen-bond acceptors (Lipinski definition) is 3. The number of hydrogen-bond donors (Lipinski definition) is 2. The van der Waals surface area contributed by atoms with Crippen LogP contribution < -0.4 is 5.32 Å². The van der Waals surface area contributed by atoms with Crippen molar-refractivity contribution < 1.29 is 0 Å². The van der Waals surface area contributed by atoms with E-state index in [1.54, 1.807) is 11.3 Å². The largest absolute Gasteiger partial charge is 0.361 e. The van der Waals surface area contributed by atoms with Crippen LogP contribution in [-0.2, 0) is 6.54 Å². The van der Waals surface area contributed by atoms with Gasteiger partial charge in [0.25, 0.3) is 0 Å². The lowest BCUT2D eigenvalue weighted by Crippen LogP contribution is -2.18. The van der Waals surface area contributed by atoms with E-state index in [1.165, 1.54) is 16.5 Å². The maximum atomic E-state index is 4.53. The molecule has 1 atom stereocenters. The second-order valence-electron chi connectivity index (χ2n) is 4.79. The Labute approximate surface area is 116 Å². The average Bonchev–Trinajstić information content (AvgIpc) is 3.04. The lowest BCUT2D eigenvalue weighted by Gasteiger charge is -2.11. The van der Waals surface area contributed by atoms with Gasteiger partial charge < -0.3 is 10.3 Å². The van der Waals surface area contributed by atoms with E-state index in [0.29, 0.717) is 0 Å². The zero-order valence-corrected chi connectivity index (χ0v) is 11.9. The number of aromatic amines is 1.